The van der Waals surface area contributed by atoms with Gasteiger partial charge in [-0.05, 0) is 37.3 Å². The van der Waals surface area contributed by atoms with E-state index < -0.39 is 11.9 Å². The number of rotatable bonds is 8. The van der Waals surface area contributed by atoms with E-state index in [9.17, 15) is 9.59 Å². The highest BCUT2D eigenvalue weighted by atomic mass is 16.5. The van der Waals surface area contributed by atoms with Gasteiger partial charge in [0.15, 0.2) is 5.69 Å². The third-order valence-electron chi connectivity index (χ3n) is 4.11. The summed E-state index contributed by atoms with van der Waals surface area (Å²) in [5.41, 5.74) is 7.42. The summed E-state index contributed by atoms with van der Waals surface area (Å²) in [4.78, 5) is 23.7. The van der Waals surface area contributed by atoms with E-state index in [1.807, 2.05) is 0 Å². The molecule has 0 aliphatic heterocycles. The first-order chi connectivity index (χ1) is 14.0. The molecule has 0 saturated carbocycles. The number of hydrogen-bond donors (Lipinski definition) is 2. The van der Waals surface area contributed by atoms with Crippen LogP contribution in [0.1, 0.15) is 33.3 Å². The second-order valence-corrected chi connectivity index (χ2v) is 5.92. The van der Waals surface area contributed by atoms with Crippen LogP contribution in [0.25, 0.3) is 11.3 Å². The number of carbonyl (C=O) groups is 2. The Hall–Kier alpha value is -3.88. The van der Waals surface area contributed by atoms with Crippen LogP contribution < -0.4 is 15.2 Å². The number of amides is 1. The van der Waals surface area contributed by atoms with Gasteiger partial charge in [0, 0.05) is 11.1 Å². The van der Waals surface area contributed by atoms with Gasteiger partial charge in [-0.25, -0.2) is 4.79 Å². The lowest BCUT2D eigenvalue weighted by atomic mass is 10.1. The molecule has 0 spiro atoms. The van der Waals surface area contributed by atoms with Crippen molar-refractivity contribution < 1.29 is 23.8 Å². The number of primary amides is 1. The Bertz CT molecular complexity index is 1030. The molecular formula is C20H20N4O5. The number of aromatic amines is 1. The van der Waals surface area contributed by atoms with Crippen LogP contribution in [0.5, 0.6) is 11.5 Å². The number of hydrogen-bond acceptors (Lipinski definition) is 7. The highest BCUT2D eigenvalue weighted by Crippen LogP contribution is 2.29. The van der Waals surface area contributed by atoms with E-state index in [2.05, 4.69) is 15.4 Å². The first-order valence-corrected chi connectivity index (χ1v) is 8.82. The second kappa shape index (κ2) is 8.87. The number of methoxy groups -OCH3 is 1. The van der Waals surface area contributed by atoms with Gasteiger partial charge < -0.3 is 19.9 Å². The molecule has 0 bridgehead atoms. The van der Waals surface area contributed by atoms with Crippen molar-refractivity contribution in [1.29, 1.82) is 0 Å². The standard InChI is InChI=1S/C20H20N4O5/c1-3-28-20(26)18-17(22-24-23-18)12-8-9-15(27-2)13(10-12)11-29-16-7-5-4-6-14(16)19(21)25/h4-10H,3,11H2,1-2H3,(H2,21,25)(H,22,23,24). The zero-order valence-corrected chi connectivity index (χ0v) is 16.0. The van der Waals surface area contributed by atoms with Crippen LogP contribution in [0.4, 0.5) is 0 Å². The summed E-state index contributed by atoms with van der Waals surface area (Å²) in [6.07, 6.45) is 0. The minimum absolute atomic E-state index is 0.0861. The Morgan fingerprint density at radius 1 is 1.10 bits per heavy atom. The molecule has 1 heterocycles. The van der Waals surface area contributed by atoms with Crippen LogP contribution in [0, 0.1) is 0 Å². The molecule has 1 aromatic heterocycles. The van der Waals surface area contributed by atoms with Gasteiger partial charge >= 0.3 is 5.97 Å². The molecule has 9 heteroatoms. The zero-order chi connectivity index (χ0) is 20.8. The van der Waals surface area contributed by atoms with E-state index in [0.717, 1.165) is 0 Å². The summed E-state index contributed by atoms with van der Waals surface area (Å²) in [6, 6.07) is 12.0. The molecule has 0 saturated heterocycles. The molecule has 150 valence electrons. The summed E-state index contributed by atoms with van der Waals surface area (Å²) in [5.74, 6) is -0.212. The van der Waals surface area contributed by atoms with Crippen molar-refractivity contribution in [3.8, 4) is 22.8 Å². The van der Waals surface area contributed by atoms with Crippen molar-refractivity contribution in [1.82, 2.24) is 15.4 Å². The fraction of sp³-hybridized carbons (Fsp3) is 0.200. The molecule has 0 unspecified atom stereocenters. The van der Waals surface area contributed by atoms with Crippen molar-refractivity contribution in [3.05, 3.63) is 59.3 Å². The predicted molar refractivity (Wildman–Crippen MR) is 104 cm³/mol. The van der Waals surface area contributed by atoms with Crippen LogP contribution in [0.15, 0.2) is 42.5 Å². The largest absolute Gasteiger partial charge is 0.496 e. The lowest BCUT2D eigenvalue weighted by Crippen LogP contribution is -2.13. The Balaban J connectivity index is 1.90. The van der Waals surface area contributed by atoms with Gasteiger partial charge in [-0.1, -0.05) is 12.1 Å². The van der Waals surface area contributed by atoms with Crippen LogP contribution in [0.2, 0.25) is 0 Å². The molecule has 3 N–H and O–H groups in total. The molecule has 3 aromatic rings. The van der Waals surface area contributed by atoms with Gasteiger partial charge in [-0.3, -0.25) is 4.79 Å². The SMILES string of the molecule is CCOC(=O)c1n[nH]nc1-c1ccc(OC)c(COc2ccccc2C(N)=O)c1. The summed E-state index contributed by atoms with van der Waals surface area (Å²) in [7, 11) is 1.54. The zero-order valence-electron chi connectivity index (χ0n) is 16.0. The fourth-order valence-electron chi connectivity index (χ4n) is 2.76. The molecule has 1 amide bonds. The van der Waals surface area contributed by atoms with Gasteiger partial charge in [-0.2, -0.15) is 10.3 Å². The summed E-state index contributed by atoms with van der Waals surface area (Å²) in [6.45, 7) is 2.05. The first-order valence-electron chi connectivity index (χ1n) is 8.82. The number of esters is 1. The lowest BCUT2D eigenvalue weighted by Gasteiger charge is -2.13. The molecule has 3 rings (SSSR count). The number of para-hydroxylation sites is 1. The van der Waals surface area contributed by atoms with Crippen LogP contribution in [-0.4, -0.2) is 41.0 Å². The fourth-order valence-corrected chi connectivity index (χ4v) is 2.76. The molecule has 0 aliphatic carbocycles. The predicted octanol–water partition coefficient (Wildman–Crippen LogP) is 2.33. The van der Waals surface area contributed by atoms with E-state index >= 15 is 0 Å². The van der Waals surface area contributed by atoms with E-state index in [1.54, 1.807) is 49.4 Å². The van der Waals surface area contributed by atoms with Crippen molar-refractivity contribution in [2.45, 2.75) is 13.5 Å². The molecule has 9 nitrogen and oxygen atoms in total. The van der Waals surface area contributed by atoms with Gasteiger partial charge in [0.25, 0.3) is 5.91 Å². The van der Waals surface area contributed by atoms with Gasteiger partial charge in [0.05, 0.1) is 19.3 Å². The van der Waals surface area contributed by atoms with Gasteiger partial charge in [-0.15, -0.1) is 5.10 Å². The number of nitrogens with one attached hydrogen (secondary N) is 1. The number of aromatic nitrogens is 3. The van der Waals surface area contributed by atoms with Gasteiger partial charge in [0.1, 0.15) is 23.8 Å². The topological polar surface area (TPSA) is 129 Å². The van der Waals surface area contributed by atoms with E-state index in [-0.39, 0.29) is 24.5 Å². The Morgan fingerprint density at radius 3 is 2.62 bits per heavy atom. The molecule has 0 aliphatic rings. The Kier molecular flexibility index (Phi) is 6.08. The quantitative estimate of drug-likeness (QED) is 0.559. The van der Waals surface area contributed by atoms with Crippen molar-refractivity contribution in [3.63, 3.8) is 0 Å². The summed E-state index contributed by atoms with van der Waals surface area (Å²) in [5, 5.41) is 10.4. The van der Waals surface area contributed by atoms with Crippen LogP contribution >= 0.6 is 0 Å². The summed E-state index contributed by atoms with van der Waals surface area (Å²) >= 11 is 0. The number of carbonyl (C=O) groups excluding carboxylic acids is 2. The average molecular weight is 396 g/mol. The molecular weight excluding hydrogens is 376 g/mol. The third kappa shape index (κ3) is 4.34. The van der Waals surface area contributed by atoms with Crippen LogP contribution in [-0.2, 0) is 11.3 Å². The van der Waals surface area contributed by atoms with Crippen molar-refractivity contribution >= 4 is 11.9 Å². The molecule has 29 heavy (non-hydrogen) atoms. The highest BCUT2D eigenvalue weighted by molar-refractivity contribution is 5.95. The second-order valence-electron chi connectivity index (χ2n) is 5.92. The maximum Gasteiger partial charge on any atom is 0.361 e. The van der Waals surface area contributed by atoms with E-state index in [0.29, 0.717) is 28.3 Å². The number of H-pyrrole nitrogens is 1. The summed E-state index contributed by atoms with van der Waals surface area (Å²) < 4.78 is 16.2. The van der Waals surface area contributed by atoms with Crippen molar-refractivity contribution in [2.24, 2.45) is 5.73 Å². The minimum Gasteiger partial charge on any atom is -0.496 e. The lowest BCUT2D eigenvalue weighted by molar-refractivity contribution is 0.0520. The van der Waals surface area contributed by atoms with Crippen molar-refractivity contribution in [2.75, 3.05) is 13.7 Å². The first kappa shape index (κ1) is 19.9. The molecule has 2 aromatic carbocycles. The Labute approximate surface area is 166 Å². The van der Waals surface area contributed by atoms with E-state index in [4.69, 9.17) is 19.9 Å². The highest BCUT2D eigenvalue weighted by Gasteiger charge is 2.20. The maximum absolute atomic E-state index is 12.1. The maximum atomic E-state index is 12.1. The normalized spacial score (nSPS) is 10.4. The Morgan fingerprint density at radius 2 is 1.90 bits per heavy atom. The van der Waals surface area contributed by atoms with E-state index in [1.165, 1.54) is 7.11 Å². The third-order valence-corrected chi connectivity index (χ3v) is 4.11. The number of benzene rings is 2. The number of ether oxygens (including phenoxy) is 3. The number of nitrogens with two attached hydrogens (primary N) is 1. The van der Waals surface area contributed by atoms with Crippen LogP contribution in [0.3, 0.4) is 0 Å². The van der Waals surface area contributed by atoms with Gasteiger partial charge in [0.2, 0.25) is 0 Å². The molecule has 0 atom stereocenters. The minimum atomic E-state index is -0.581. The average Bonchev–Trinajstić information content (AvgIpc) is 3.22. The number of nitrogens with zero attached hydrogens (tertiary/aromatic N) is 2. The smallest absolute Gasteiger partial charge is 0.361 e. The molecule has 0 fully saturated rings. The monoisotopic (exact) mass is 396 g/mol. The molecule has 0 radical (unpaired) electrons.